The van der Waals surface area contributed by atoms with Gasteiger partial charge in [-0.1, -0.05) is 15.9 Å². The second kappa shape index (κ2) is 11.6. The molecule has 0 aliphatic heterocycles. The van der Waals surface area contributed by atoms with Crippen LogP contribution in [-0.2, 0) is 4.79 Å². The summed E-state index contributed by atoms with van der Waals surface area (Å²) >= 11 is 3.07. The molecule has 0 heterocycles. The Morgan fingerprint density at radius 1 is 1.60 bits per heavy atom. The number of hydrogen-bond acceptors (Lipinski definition) is 1. The van der Waals surface area contributed by atoms with Crippen LogP contribution in [-0.4, -0.2) is 37.4 Å². The highest BCUT2D eigenvalue weighted by Gasteiger charge is 1.73. The van der Waals surface area contributed by atoms with Gasteiger partial charge in [0.2, 0.25) is 6.41 Å². The van der Waals surface area contributed by atoms with Crippen molar-refractivity contribution in [1.82, 2.24) is 4.90 Å². The van der Waals surface area contributed by atoms with Crippen molar-refractivity contribution < 1.29 is 9.18 Å². The van der Waals surface area contributed by atoms with E-state index in [1.54, 1.807) is 14.1 Å². The Morgan fingerprint density at radius 3 is 2.00 bits per heavy atom. The Morgan fingerprint density at radius 2 is 2.00 bits per heavy atom. The first-order valence-corrected chi connectivity index (χ1v) is 4.04. The van der Waals surface area contributed by atoms with E-state index in [4.69, 9.17) is 0 Å². The van der Waals surface area contributed by atoms with Crippen LogP contribution < -0.4 is 0 Å². The topological polar surface area (TPSA) is 20.3 Å². The molecule has 62 valence electrons. The zero-order valence-corrected chi connectivity index (χ0v) is 7.90. The molecule has 0 aliphatic rings. The van der Waals surface area contributed by atoms with Gasteiger partial charge in [-0.05, 0) is 6.42 Å². The number of amides is 1. The Balaban J connectivity index is 0. The van der Waals surface area contributed by atoms with E-state index < -0.39 is 0 Å². The molecule has 0 aromatic heterocycles. The van der Waals surface area contributed by atoms with E-state index in [-0.39, 0.29) is 6.67 Å². The predicted molar refractivity (Wildman–Crippen MR) is 44.1 cm³/mol. The molecule has 0 unspecified atom stereocenters. The fraction of sp³-hybridized carbons (Fsp3) is 0.833. The van der Waals surface area contributed by atoms with Gasteiger partial charge in [0.15, 0.2) is 0 Å². The number of hydrogen-bond donors (Lipinski definition) is 0. The van der Waals surface area contributed by atoms with E-state index in [2.05, 4.69) is 15.9 Å². The Kier molecular flexibility index (Phi) is 14.6. The maximum Gasteiger partial charge on any atom is 0.209 e. The smallest absolute Gasteiger partial charge is 0.209 e. The number of alkyl halides is 2. The molecule has 0 saturated carbocycles. The molecule has 0 aromatic carbocycles. The van der Waals surface area contributed by atoms with E-state index in [0.717, 1.165) is 11.7 Å². The first kappa shape index (κ1) is 12.5. The Labute approximate surface area is 69.5 Å². The fourth-order valence-corrected chi connectivity index (χ4v) is 0.262. The van der Waals surface area contributed by atoms with Crippen LogP contribution >= 0.6 is 15.9 Å². The highest BCUT2D eigenvalue weighted by molar-refractivity contribution is 9.09. The third kappa shape index (κ3) is 24.8. The summed E-state index contributed by atoms with van der Waals surface area (Å²) < 4.78 is 11.0. The van der Waals surface area contributed by atoms with Crippen molar-refractivity contribution >= 4 is 22.3 Å². The number of carbonyl (C=O) groups excluding carboxylic acids is 1. The molecule has 0 bridgehead atoms. The largest absolute Gasteiger partial charge is 0.351 e. The van der Waals surface area contributed by atoms with Crippen LogP contribution in [0.1, 0.15) is 6.42 Å². The van der Waals surface area contributed by atoms with Gasteiger partial charge in [0.25, 0.3) is 0 Å². The number of halogens is 2. The summed E-state index contributed by atoms with van der Waals surface area (Å²) in [6.07, 6.45) is 1.39. The van der Waals surface area contributed by atoms with E-state index in [1.807, 2.05) is 0 Å². The second-order valence-corrected chi connectivity index (χ2v) is 2.59. The number of carbonyl (C=O) groups is 1. The van der Waals surface area contributed by atoms with Crippen LogP contribution in [0.5, 0.6) is 0 Å². The molecular weight excluding hydrogens is 201 g/mol. The lowest BCUT2D eigenvalue weighted by Crippen LogP contribution is -2.06. The summed E-state index contributed by atoms with van der Waals surface area (Å²) in [6.45, 7) is -0.203. The molecule has 0 radical (unpaired) electrons. The highest BCUT2D eigenvalue weighted by Crippen LogP contribution is 1.85. The van der Waals surface area contributed by atoms with Crippen LogP contribution in [0.25, 0.3) is 0 Å². The SMILES string of the molecule is CN(C)C=O.FCCCBr. The molecule has 1 amide bonds. The first-order valence-electron chi connectivity index (χ1n) is 2.92. The molecule has 2 nitrogen and oxygen atoms in total. The third-order valence-corrected chi connectivity index (χ3v) is 1.04. The lowest BCUT2D eigenvalue weighted by atomic mass is 10.6. The summed E-state index contributed by atoms with van der Waals surface area (Å²) in [5, 5.41) is 0.781. The van der Waals surface area contributed by atoms with Crippen molar-refractivity contribution in [2.45, 2.75) is 6.42 Å². The van der Waals surface area contributed by atoms with Crippen molar-refractivity contribution in [1.29, 1.82) is 0 Å². The minimum Gasteiger partial charge on any atom is -0.351 e. The van der Waals surface area contributed by atoms with Crippen molar-refractivity contribution in [2.75, 3.05) is 26.1 Å². The molecule has 0 fully saturated rings. The summed E-state index contributed by atoms with van der Waals surface area (Å²) in [5.41, 5.74) is 0. The fourth-order valence-electron chi connectivity index (χ4n) is 0.0505. The van der Waals surface area contributed by atoms with Gasteiger partial charge in [0.05, 0.1) is 6.67 Å². The average molecular weight is 214 g/mol. The lowest BCUT2D eigenvalue weighted by Gasteiger charge is -1.93. The molecule has 0 rings (SSSR count). The minimum absolute atomic E-state index is 0.203. The van der Waals surface area contributed by atoms with Gasteiger partial charge in [-0.25, -0.2) is 0 Å². The van der Waals surface area contributed by atoms with Gasteiger partial charge in [-0.3, -0.25) is 9.18 Å². The van der Waals surface area contributed by atoms with E-state index in [9.17, 15) is 9.18 Å². The van der Waals surface area contributed by atoms with E-state index >= 15 is 0 Å². The molecule has 0 saturated heterocycles. The monoisotopic (exact) mass is 213 g/mol. The van der Waals surface area contributed by atoms with Gasteiger partial charge >= 0.3 is 0 Å². The van der Waals surface area contributed by atoms with E-state index in [0.29, 0.717) is 6.42 Å². The summed E-state index contributed by atoms with van der Waals surface area (Å²) in [5.74, 6) is 0. The molecule has 10 heavy (non-hydrogen) atoms. The first-order chi connectivity index (χ1) is 4.68. The molecular formula is C6H13BrFNO. The lowest BCUT2D eigenvalue weighted by molar-refractivity contribution is -0.115. The number of rotatable bonds is 3. The average Bonchev–Trinajstić information content (AvgIpc) is 1.91. The molecule has 0 aliphatic carbocycles. The maximum absolute atomic E-state index is 11.0. The Hall–Kier alpha value is -0.120. The van der Waals surface area contributed by atoms with Crippen molar-refractivity contribution in [2.24, 2.45) is 0 Å². The quantitative estimate of drug-likeness (QED) is 0.514. The van der Waals surface area contributed by atoms with Crippen LogP contribution in [0.4, 0.5) is 4.39 Å². The van der Waals surface area contributed by atoms with Crippen molar-refractivity contribution in [3.8, 4) is 0 Å². The van der Waals surface area contributed by atoms with E-state index in [1.165, 1.54) is 4.90 Å². The third-order valence-electron chi connectivity index (χ3n) is 0.478. The second-order valence-electron chi connectivity index (χ2n) is 1.80. The van der Waals surface area contributed by atoms with Gasteiger partial charge in [-0.15, -0.1) is 0 Å². The van der Waals surface area contributed by atoms with Crippen LogP contribution in [0.2, 0.25) is 0 Å². The summed E-state index contributed by atoms with van der Waals surface area (Å²) in [6, 6.07) is 0. The standard InChI is InChI=1S/C3H6BrF.C3H7NO/c4-2-1-3-5;1-4(2)3-5/h1-3H2;3H,1-2H3. The number of nitrogens with zero attached hydrogens (tertiary/aromatic N) is 1. The normalized spacial score (nSPS) is 7.60. The van der Waals surface area contributed by atoms with Gasteiger partial charge in [0.1, 0.15) is 0 Å². The molecule has 0 atom stereocenters. The van der Waals surface area contributed by atoms with Crippen molar-refractivity contribution in [3.05, 3.63) is 0 Å². The summed E-state index contributed by atoms with van der Waals surface area (Å²) in [4.78, 5) is 10.9. The van der Waals surface area contributed by atoms with Gasteiger partial charge < -0.3 is 4.90 Å². The predicted octanol–water partition coefficient (Wildman–Crippen LogP) is 1.45. The van der Waals surface area contributed by atoms with Crippen LogP contribution in [0.3, 0.4) is 0 Å². The molecule has 0 aromatic rings. The van der Waals surface area contributed by atoms with Crippen LogP contribution in [0.15, 0.2) is 0 Å². The summed E-state index contributed by atoms with van der Waals surface area (Å²) in [7, 11) is 3.38. The zero-order valence-electron chi connectivity index (χ0n) is 6.31. The molecule has 0 N–H and O–H groups in total. The Bertz CT molecular complexity index is 68.8. The van der Waals surface area contributed by atoms with Crippen molar-refractivity contribution in [3.63, 3.8) is 0 Å². The highest BCUT2D eigenvalue weighted by atomic mass is 79.9. The van der Waals surface area contributed by atoms with Gasteiger partial charge in [-0.2, -0.15) is 0 Å². The molecule has 4 heteroatoms. The maximum atomic E-state index is 11.0. The van der Waals surface area contributed by atoms with Crippen LogP contribution in [0, 0.1) is 0 Å². The van der Waals surface area contributed by atoms with Gasteiger partial charge in [0, 0.05) is 19.4 Å². The molecule has 0 spiro atoms. The minimum atomic E-state index is -0.203. The zero-order chi connectivity index (χ0) is 8.41.